The van der Waals surface area contributed by atoms with Gasteiger partial charge in [0.2, 0.25) is 0 Å². The normalized spacial score (nSPS) is 12.4. The summed E-state index contributed by atoms with van der Waals surface area (Å²) in [4.78, 5) is 23.8. The van der Waals surface area contributed by atoms with Crippen molar-refractivity contribution in [3.63, 3.8) is 0 Å². The minimum atomic E-state index is -0.844. The van der Waals surface area contributed by atoms with E-state index in [1.165, 1.54) is 6.08 Å². The smallest absolute Gasteiger partial charge is 0.331 e. The van der Waals surface area contributed by atoms with Crippen molar-refractivity contribution in [1.29, 1.82) is 0 Å². The Labute approximate surface area is 153 Å². The van der Waals surface area contributed by atoms with Gasteiger partial charge in [-0.2, -0.15) is 5.10 Å². The molecule has 1 aromatic carbocycles. The molecule has 6 heteroatoms. The fourth-order valence-corrected chi connectivity index (χ4v) is 2.54. The van der Waals surface area contributed by atoms with Gasteiger partial charge in [0, 0.05) is 23.4 Å². The number of rotatable bonds is 6. The van der Waals surface area contributed by atoms with E-state index >= 15 is 0 Å². The van der Waals surface area contributed by atoms with E-state index in [-0.39, 0.29) is 11.9 Å². The van der Waals surface area contributed by atoms with Crippen LogP contribution < -0.4 is 5.32 Å². The summed E-state index contributed by atoms with van der Waals surface area (Å²) in [6.07, 6.45) is 2.15. The van der Waals surface area contributed by atoms with Crippen LogP contribution in [0.4, 0.5) is 0 Å². The molecule has 0 fully saturated rings. The first-order valence-electron chi connectivity index (χ1n) is 8.60. The number of amides is 1. The number of nitrogens with one attached hydrogen (secondary N) is 1. The zero-order valence-corrected chi connectivity index (χ0v) is 15.8. The molecule has 1 heterocycles. The lowest BCUT2D eigenvalue weighted by molar-refractivity contribution is -0.150. The van der Waals surface area contributed by atoms with Crippen LogP contribution in [-0.4, -0.2) is 33.8 Å². The summed E-state index contributed by atoms with van der Waals surface area (Å²) in [5, 5.41) is 7.24. The molecule has 1 amide bonds. The summed E-state index contributed by atoms with van der Waals surface area (Å²) >= 11 is 0. The molecule has 0 unspecified atom stereocenters. The van der Waals surface area contributed by atoms with Crippen LogP contribution in [0.2, 0.25) is 0 Å². The Morgan fingerprint density at radius 3 is 2.42 bits per heavy atom. The third-order valence-corrected chi connectivity index (χ3v) is 3.83. The van der Waals surface area contributed by atoms with Gasteiger partial charge in [0.05, 0.1) is 11.4 Å². The Morgan fingerprint density at radius 1 is 1.15 bits per heavy atom. The van der Waals surface area contributed by atoms with Gasteiger partial charge in [-0.15, -0.1) is 0 Å². The van der Waals surface area contributed by atoms with Crippen molar-refractivity contribution in [2.45, 2.75) is 46.8 Å². The van der Waals surface area contributed by atoms with Crippen molar-refractivity contribution in [1.82, 2.24) is 15.1 Å². The minimum Gasteiger partial charge on any atom is -0.449 e. The number of aromatic nitrogens is 2. The van der Waals surface area contributed by atoms with E-state index in [1.54, 1.807) is 13.0 Å². The Balaban J connectivity index is 2.10. The number of hydrogen-bond acceptors (Lipinski definition) is 4. The maximum absolute atomic E-state index is 12.0. The van der Waals surface area contributed by atoms with Gasteiger partial charge < -0.3 is 10.1 Å². The number of carbonyl (C=O) groups is 2. The van der Waals surface area contributed by atoms with E-state index < -0.39 is 12.1 Å². The summed E-state index contributed by atoms with van der Waals surface area (Å²) in [5.74, 6) is -0.881. The number of esters is 1. The topological polar surface area (TPSA) is 73.2 Å². The second kappa shape index (κ2) is 8.47. The summed E-state index contributed by atoms with van der Waals surface area (Å²) < 4.78 is 6.97. The van der Waals surface area contributed by atoms with Gasteiger partial charge in [-0.3, -0.25) is 4.79 Å². The highest BCUT2D eigenvalue weighted by Gasteiger charge is 2.17. The number of hydrogen-bond donors (Lipinski definition) is 1. The number of ether oxygens (including phenoxy) is 1. The number of carbonyl (C=O) groups excluding carboxylic acids is 2. The predicted octanol–water partition coefficient (Wildman–Crippen LogP) is 2.96. The van der Waals surface area contributed by atoms with Crippen LogP contribution in [0.25, 0.3) is 11.8 Å². The first-order valence-corrected chi connectivity index (χ1v) is 8.60. The third-order valence-electron chi connectivity index (χ3n) is 3.83. The molecule has 6 nitrogen and oxygen atoms in total. The van der Waals surface area contributed by atoms with Gasteiger partial charge in [-0.25, -0.2) is 9.48 Å². The van der Waals surface area contributed by atoms with Gasteiger partial charge in [-0.05, 0) is 52.8 Å². The maximum Gasteiger partial charge on any atom is 0.331 e. The van der Waals surface area contributed by atoms with E-state index in [1.807, 2.05) is 62.7 Å². The second-order valence-electron chi connectivity index (χ2n) is 6.41. The van der Waals surface area contributed by atoms with Gasteiger partial charge in [-0.1, -0.05) is 18.2 Å². The molecule has 0 aliphatic carbocycles. The highest BCUT2D eigenvalue weighted by Crippen LogP contribution is 2.19. The number of aryl methyl sites for hydroxylation is 1. The number of para-hydroxylation sites is 1. The molecule has 0 spiro atoms. The molecule has 0 aliphatic rings. The number of benzene rings is 1. The molecule has 0 bridgehead atoms. The van der Waals surface area contributed by atoms with Crippen LogP contribution in [-0.2, 0) is 14.3 Å². The number of nitrogens with zero attached hydrogens (tertiary/aromatic N) is 2. The van der Waals surface area contributed by atoms with Crippen LogP contribution >= 0.6 is 0 Å². The van der Waals surface area contributed by atoms with E-state index in [0.29, 0.717) is 0 Å². The van der Waals surface area contributed by atoms with Crippen LogP contribution in [0.5, 0.6) is 0 Å². The highest BCUT2D eigenvalue weighted by molar-refractivity contribution is 5.90. The SMILES string of the molecule is Cc1nn(-c2ccccc2)c(C)c1/C=C/C(=O)O[C@H](C)C(=O)NC(C)C. The molecule has 0 radical (unpaired) electrons. The highest BCUT2D eigenvalue weighted by atomic mass is 16.5. The van der Waals surface area contributed by atoms with Gasteiger partial charge >= 0.3 is 5.97 Å². The van der Waals surface area contributed by atoms with Gasteiger partial charge in [0.1, 0.15) is 0 Å². The van der Waals surface area contributed by atoms with E-state index in [9.17, 15) is 9.59 Å². The van der Waals surface area contributed by atoms with Crippen LogP contribution in [0.1, 0.15) is 37.7 Å². The van der Waals surface area contributed by atoms with Crippen LogP contribution in [0.3, 0.4) is 0 Å². The van der Waals surface area contributed by atoms with Crippen LogP contribution in [0, 0.1) is 13.8 Å². The molecule has 138 valence electrons. The molecule has 0 aliphatic heterocycles. The zero-order chi connectivity index (χ0) is 19.3. The lowest BCUT2D eigenvalue weighted by Crippen LogP contribution is -2.39. The molecule has 26 heavy (non-hydrogen) atoms. The summed E-state index contributed by atoms with van der Waals surface area (Å²) in [5.41, 5.74) is 3.53. The van der Waals surface area contributed by atoms with Gasteiger partial charge in [0.25, 0.3) is 5.91 Å². The standard InChI is InChI=1S/C20H25N3O3/c1-13(2)21-20(25)16(5)26-19(24)12-11-18-14(3)22-23(15(18)4)17-9-7-6-8-10-17/h6-13,16H,1-5H3,(H,21,25)/b12-11+/t16-/m1/s1. The monoisotopic (exact) mass is 355 g/mol. The van der Waals surface area contributed by atoms with Crippen molar-refractivity contribution >= 4 is 18.0 Å². The van der Waals surface area contributed by atoms with Gasteiger partial charge in [0.15, 0.2) is 6.10 Å². The first kappa shape index (κ1) is 19.4. The Morgan fingerprint density at radius 2 is 1.81 bits per heavy atom. The molecule has 2 aromatic rings. The Bertz CT molecular complexity index is 807. The fraction of sp³-hybridized carbons (Fsp3) is 0.350. The Kier molecular flexibility index (Phi) is 6.33. The first-order chi connectivity index (χ1) is 12.3. The second-order valence-corrected chi connectivity index (χ2v) is 6.41. The average molecular weight is 355 g/mol. The summed E-state index contributed by atoms with van der Waals surface area (Å²) in [6, 6.07) is 9.77. The molecule has 0 saturated heterocycles. The predicted molar refractivity (Wildman–Crippen MR) is 101 cm³/mol. The van der Waals surface area contributed by atoms with Crippen molar-refractivity contribution in [2.75, 3.05) is 0 Å². The molecule has 0 saturated carbocycles. The minimum absolute atomic E-state index is 0.00619. The van der Waals surface area contributed by atoms with Crippen molar-refractivity contribution in [3.8, 4) is 5.69 Å². The van der Waals surface area contributed by atoms with E-state index in [0.717, 1.165) is 22.6 Å². The molecular formula is C20H25N3O3. The maximum atomic E-state index is 12.0. The quantitative estimate of drug-likeness (QED) is 0.639. The summed E-state index contributed by atoms with van der Waals surface area (Å²) in [7, 11) is 0. The van der Waals surface area contributed by atoms with Crippen molar-refractivity contribution < 1.29 is 14.3 Å². The van der Waals surface area contributed by atoms with Crippen molar-refractivity contribution in [3.05, 3.63) is 53.4 Å². The largest absolute Gasteiger partial charge is 0.449 e. The molecule has 2 rings (SSSR count). The molecule has 1 N–H and O–H groups in total. The van der Waals surface area contributed by atoms with E-state index in [4.69, 9.17) is 4.74 Å². The third kappa shape index (κ3) is 4.81. The molecular weight excluding hydrogens is 330 g/mol. The lowest BCUT2D eigenvalue weighted by atomic mass is 10.2. The van der Waals surface area contributed by atoms with E-state index in [2.05, 4.69) is 10.4 Å². The zero-order valence-electron chi connectivity index (χ0n) is 15.8. The van der Waals surface area contributed by atoms with Crippen LogP contribution in [0.15, 0.2) is 36.4 Å². The lowest BCUT2D eigenvalue weighted by Gasteiger charge is -2.14. The summed E-state index contributed by atoms with van der Waals surface area (Å²) in [6.45, 7) is 9.07. The molecule has 1 atom stereocenters. The molecule has 1 aromatic heterocycles. The van der Waals surface area contributed by atoms with Crippen molar-refractivity contribution in [2.24, 2.45) is 0 Å². The Hall–Kier alpha value is -2.89. The average Bonchev–Trinajstić information content (AvgIpc) is 2.87. The fourth-order valence-electron chi connectivity index (χ4n) is 2.54.